The quantitative estimate of drug-likeness (QED) is 0.800. The molecule has 0 atom stereocenters. The van der Waals surface area contributed by atoms with Crippen molar-refractivity contribution in [2.75, 3.05) is 7.11 Å². The third kappa shape index (κ3) is 1.68. The van der Waals surface area contributed by atoms with Gasteiger partial charge in [-0.3, -0.25) is 0 Å². The Hall–Kier alpha value is -1.22. The fourth-order valence-electron chi connectivity index (χ4n) is 1.32. The zero-order chi connectivity index (χ0) is 9.97. The van der Waals surface area contributed by atoms with Crippen LogP contribution in [-0.2, 0) is 0 Å². The highest BCUT2D eigenvalue weighted by Gasteiger charge is 2.01. The minimum absolute atomic E-state index is 0.848. The fourth-order valence-corrected chi connectivity index (χ4v) is 1.85. The van der Waals surface area contributed by atoms with Gasteiger partial charge >= 0.3 is 0 Å². The van der Waals surface area contributed by atoms with Gasteiger partial charge in [-0.05, 0) is 46.3 Å². The van der Waals surface area contributed by atoms with E-state index in [1.807, 2.05) is 47.3 Å². The van der Waals surface area contributed by atoms with Gasteiger partial charge in [-0.15, -0.1) is 0 Å². The van der Waals surface area contributed by atoms with E-state index in [1.165, 1.54) is 0 Å². The Morgan fingerprint density at radius 2 is 1.93 bits per heavy atom. The number of benzene rings is 1. The number of aromatic nitrogens is 1. The van der Waals surface area contributed by atoms with Crippen molar-refractivity contribution in [1.29, 1.82) is 0 Å². The van der Waals surface area contributed by atoms with E-state index >= 15 is 0 Å². The van der Waals surface area contributed by atoms with Gasteiger partial charge in [-0.2, -0.15) is 0 Å². The van der Waals surface area contributed by atoms with Crippen molar-refractivity contribution in [3.63, 3.8) is 0 Å². The summed E-state index contributed by atoms with van der Waals surface area (Å²) in [6.45, 7) is 0. The van der Waals surface area contributed by atoms with Gasteiger partial charge in [0.25, 0.3) is 0 Å². The molecule has 0 saturated carbocycles. The van der Waals surface area contributed by atoms with E-state index in [9.17, 15) is 0 Å². The highest BCUT2D eigenvalue weighted by Crippen LogP contribution is 2.26. The first-order chi connectivity index (χ1) is 6.81. The topological polar surface area (TPSA) is 14.2 Å². The molecule has 1 aromatic heterocycles. The van der Waals surface area contributed by atoms with Crippen molar-refractivity contribution in [3.8, 4) is 11.4 Å². The van der Waals surface area contributed by atoms with E-state index in [2.05, 4.69) is 15.9 Å². The lowest BCUT2D eigenvalue weighted by molar-refractivity contribution is 0.412. The van der Waals surface area contributed by atoms with Crippen molar-refractivity contribution in [1.82, 2.24) is 4.57 Å². The lowest BCUT2D eigenvalue weighted by Crippen LogP contribution is -1.91. The smallest absolute Gasteiger partial charge is 0.133 e. The van der Waals surface area contributed by atoms with Crippen LogP contribution in [0.3, 0.4) is 0 Å². The van der Waals surface area contributed by atoms with Gasteiger partial charge in [-0.25, -0.2) is 0 Å². The highest BCUT2D eigenvalue weighted by atomic mass is 79.9. The van der Waals surface area contributed by atoms with Gasteiger partial charge in [0, 0.05) is 18.1 Å². The van der Waals surface area contributed by atoms with Gasteiger partial charge < -0.3 is 9.30 Å². The molecular weight excluding hydrogens is 242 g/mol. The molecule has 0 unspecified atom stereocenters. The second-order valence-electron chi connectivity index (χ2n) is 2.91. The molecule has 0 aliphatic rings. The second-order valence-corrected chi connectivity index (χ2v) is 3.76. The summed E-state index contributed by atoms with van der Waals surface area (Å²) in [6, 6.07) is 9.98. The number of ether oxygens (including phenoxy) is 1. The van der Waals surface area contributed by atoms with Crippen LogP contribution >= 0.6 is 15.9 Å². The predicted molar refractivity (Wildman–Crippen MR) is 60.0 cm³/mol. The molecule has 0 spiro atoms. The molecule has 2 aromatic rings. The summed E-state index contributed by atoms with van der Waals surface area (Å²) < 4.78 is 8.17. The molecule has 0 aliphatic heterocycles. The van der Waals surface area contributed by atoms with Crippen LogP contribution in [0.1, 0.15) is 0 Å². The van der Waals surface area contributed by atoms with Crippen molar-refractivity contribution in [3.05, 3.63) is 47.2 Å². The Kier molecular flexibility index (Phi) is 2.59. The van der Waals surface area contributed by atoms with E-state index in [0.29, 0.717) is 0 Å². The largest absolute Gasteiger partial charge is 0.496 e. The van der Waals surface area contributed by atoms with E-state index in [1.54, 1.807) is 7.11 Å². The second kappa shape index (κ2) is 3.88. The molecule has 1 heterocycles. The Morgan fingerprint density at radius 1 is 1.21 bits per heavy atom. The molecule has 3 heteroatoms. The van der Waals surface area contributed by atoms with Gasteiger partial charge in [-0.1, -0.05) is 0 Å². The number of hydrogen-bond donors (Lipinski definition) is 0. The maximum absolute atomic E-state index is 5.16. The monoisotopic (exact) mass is 251 g/mol. The zero-order valence-electron chi connectivity index (χ0n) is 7.77. The van der Waals surface area contributed by atoms with Crippen molar-refractivity contribution in [2.24, 2.45) is 0 Å². The summed E-state index contributed by atoms with van der Waals surface area (Å²) in [4.78, 5) is 0. The Balaban J connectivity index is 2.43. The highest BCUT2D eigenvalue weighted by molar-refractivity contribution is 9.10. The number of hydrogen-bond acceptors (Lipinski definition) is 1. The fraction of sp³-hybridized carbons (Fsp3) is 0.0909. The Bertz CT molecular complexity index is 423. The summed E-state index contributed by atoms with van der Waals surface area (Å²) in [5.41, 5.74) is 1.11. The van der Waals surface area contributed by atoms with Crippen LogP contribution in [0.4, 0.5) is 0 Å². The van der Waals surface area contributed by atoms with Gasteiger partial charge in [0.1, 0.15) is 5.75 Å². The van der Waals surface area contributed by atoms with E-state index in [4.69, 9.17) is 4.74 Å². The van der Waals surface area contributed by atoms with Crippen LogP contribution in [0.5, 0.6) is 5.75 Å². The molecule has 72 valence electrons. The van der Waals surface area contributed by atoms with Crippen LogP contribution in [-0.4, -0.2) is 11.7 Å². The van der Waals surface area contributed by atoms with Crippen molar-refractivity contribution in [2.45, 2.75) is 0 Å². The number of methoxy groups -OCH3 is 1. The Morgan fingerprint density at radius 3 is 2.50 bits per heavy atom. The molecule has 1 aromatic carbocycles. The summed E-state index contributed by atoms with van der Waals surface area (Å²) in [7, 11) is 1.66. The van der Waals surface area contributed by atoms with Crippen LogP contribution in [0.2, 0.25) is 0 Å². The minimum Gasteiger partial charge on any atom is -0.496 e. The van der Waals surface area contributed by atoms with Gasteiger partial charge in [0.05, 0.1) is 11.6 Å². The first kappa shape index (κ1) is 9.34. The summed E-state index contributed by atoms with van der Waals surface area (Å²) in [6.07, 6.45) is 4.02. The summed E-state index contributed by atoms with van der Waals surface area (Å²) in [5, 5.41) is 0. The first-order valence-electron chi connectivity index (χ1n) is 4.28. The van der Waals surface area contributed by atoms with Crippen molar-refractivity contribution >= 4 is 15.9 Å². The molecule has 2 rings (SSSR count). The molecule has 0 amide bonds. The summed E-state index contributed by atoms with van der Waals surface area (Å²) in [5.74, 6) is 0.848. The molecule has 0 aliphatic carbocycles. The molecular formula is C11H10BrNO. The lowest BCUT2D eigenvalue weighted by atomic mass is 10.3. The zero-order valence-corrected chi connectivity index (χ0v) is 9.36. The molecule has 0 radical (unpaired) electrons. The third-order valence-electron chi connectivity index (χ3n) is 2.04. The molecule has 0 saturated heterocycles. The number of nitrogens with zero attached hydrogens (tertiary/aromatic N) is 1. The molecule has 14 heavy (non-hydrogen) atoms. The maximum atomic E-state index is 5.16. The van der Waals surface area contributed by atoms with Crippen molar-refractivity contribution < 1.29 is 4.74 Å². The Labute approximate surface area is 91.3 Å². The van der Waals surface area contributed by atoms with Gasteiger partial charge in [0.2, 0.25) is 0 Å². The minimum atomic E-state index is 0.848. The van der Waals surface area contributed by atoms with Crippen LogP contribution in [0.25, 0.3) is 5.69 Å². The van der Waals surface area contributed by atoms with Crippen LogP contribution < -0.4 is 4.74 Å². The molecule has 0 N–H and O–H groups in total. The van der Waals surface area contributed by atoms with E-state index in [0.717, 1.165) is 15.9 Å². The normalized spacial score (nSPS) is 10.1. The lowest BCUT2D eigenvalue weighted by Gasteiger charge is -2.06. The average Bonchev–Trinajstić information content (AvgIpc) is 2.70. The van der Waals surface area contributed by atoms with Crippen LogP contribution in [0.15, 0.2) is 47.2 Å². The molecule has 2 nitrogen and oxygen atoms in total. The molecule has 0 fully saturated rings. The first-order valence-corrected chi connectivity index (χ1v) is 5.07. The van der Waals surface area contributed by atoms with E-state index < -0.39 is 0 Å². The van der Waals surface area contributed by atoms with Crippen LogP contribution in [0, 0.1) is 0 Å². The number of halogens is 1. The average molecular weight is 252 g/mol. The third-order valence-corrected chi connectivity index (χ3v) is 2.66. The van der Waals surface area contributed by atoms with Gasteiger partial charge in [0.15, 0.2) is 0 Å². The van der Waals surface area contributed by atoms with E-state index in [-0.39, 0.29) is 0 Å². The predicted octanol–water partition coefficient (Wildman–Crippen LogP) is 3.25. The standard InChI is InChI=1S/C11H10BrNO/c1-14-11-5-4-9(8-10(11)12)13-6-2-3-7-13/h2-8H,1H3. The summed E-state index contributed by atoms with van der Waals surface area (Å²) >= 11 is 3.45. The number of rotatable bonds is 2. The maximum Gasteiger partial charge on any atom is 0.133 e. The SMILES string of the molecule is COc1ccc(-n2cccc2)cc1Br. The molecule has 0 bridgehead atoms.